The molecule has 1 heterocycles. The van der Waals surface area contributed by atoms with E-state index in [0.29, 0.717) is 17.1 Å². The van der Waals surface area contributed by atoms with Gasteiger partial charge in [0.15, 0.2) is 0 Å². The van der Waals surface area contributed by atoms with Gasteiger partial charge >= 0.3 is 0 Å². The van der Waals surface area contributed by atoms with Crippen molar-refractivity contribution in [2.24, 2.45) is 0 Å². The van der Waals surface area contributed by atoms with Gasteiger partial charge in [0.25, 0.3) is 0 Å². The van der Waals surface area contributed by atoms with Crippen molar-refractivity contribution in [2.75, 3.05) is 13.2 Å². The van der Waals surface area contributed by atoms with Crippen LogP contribution in [0.5, 0.6) is 0 Å². The van der Waals surface area contributed by atoms with Gasteiger partial charge in [-0.25, -0.2) is 4.39 Å². The maximum Gasteiger partial charge on any atom is 0.141 e. The molecule has 1 aliphatic rings. The van der Waals surface area contributed by atoms with E-state index in [0.717, 1.165) is 0 Å². The van der Waals surface area contributed by atoms with Crippen LogP contribution in [0.25, 0.3) is 0 Å². The van der Waals surface area contributed by atoms with Crippen molar-refractivity contribution in [2.45, 2.75) is 32.2 Å². The summed E-state index contributed by atoms with van der Waals surface area (Å²) in [5, 5.41) is 9.54. The molecule has 0 aromatic heterocycles. The third kappa shape index (κ3) is 2.52. The van der Waals surface area contributed by atoms with E-state index >= 15 is 0 Å². The molecule has 2 atom stereocenters. The third-order valence-electron chi connectivity index (χ3n) is 3.15. The number of aliphatic hydroxyl groups excluding tert-OH is 1. The summed E-state index contributed by atoms with van der Waals surface area (Å²) in [4.78, 5) is 1.99. The molecule has 5 heteroatoms. The summed E-state index contributed by atoms with van der Waals surface area (Å²) in [7, 11) is 0. The van der Waals surface area contributed by atoms with E-state index in [1.165, 1.54) is 6.07 Å². The number of halogens is 2. The summed E-state index contributed by atoms with van der Waals surface area (Å²) in [5.41, 5.74) is 0.351. The molecule has 2 rings (SSSR count). The van der Waals surface area contributed by atoms with E-state index < -0.39 is 6.23 Å². The van der Waals surface area contributed by atoms with Crippen LogP contribution in [0, 0.1) is 5.82 Å². The molecule has 0 saturated carbocycles. The minimum atomic E-state index is -0.532. The predicted molar refractivity (Wildman–Crippen MR) is 68.0 cm³/mol. The Morgan fingerprint density at radius 2 is 2.28 bits per heavy atom. The normalized spacial score (nSPS) is 25.0. The van der Waals surface area contributed by atoms with Crippen molar-refractivity contribution in [1.29, 1.82) is 0 Å². The maximum absolute atomic E-state index is 13.9. The number of nitrogens with zero attached hydrogens (tertiary/aromatic N) is 1. The average Bonchev–Trinajstić information content (AvgIpc) is 2.73. The summed E-state index contributed by atoms with van der Waals surface area (Å²) >= 11 is 6.06. The molecular formula is C13H17ClFNO2. The van der Waals surface area contributed by atoms with Crippen molar-refractivity contribution >= 4 is 11.6 Å². The highest BCUT2D eigenvalue weighted by atomic mass is 35.5. The molecule has 0 aliphatic carbocycles. The fraction of sp³-hybridized carbons (Fsp3) is 0.538. The third-order valence-corrected chi connectivity index (χ3v) is 3.48. The second kappa shape index (κ2) is 5.53. The van der Waals surface area contributed by atoms with Gasteiger partial charge < -0.3 is 9.84 Å². The Labute approximate surface area is 111 Å². The average molecular weight is 274 g/mol. The number of hydrogen-bond acceptors (Lipinski definition) is 3. The fourth-order valence-corrected chi connectivity index (χ4v) is 2.45. The highest BCUT2D eigenvalue weighted by molar-refractivity contribution is 6.31. The highest BCUT2D eigenvalue weighted by Gasteiger charge is 2.37. The molecule has 3 nitrogen and oxygen atoms in total. The molecule has 1 aromatic carbocycles. The maximum atomic E-state index is 13.9. The number of hydrogen-bond donors (Lipinski definition) is 1. The van der Waals surface area contributed by atoms with Gasteiger partial charge in [-0.15, -0.1) is 0 Å². The van der Waals surface area contributed by atoms with E-state index in [-0.39, 0.29) is 24.6 Å². The van der Waals surface area contributed by atoms with Crippen LogP contribution in [0.2, 0.25) is 5.02 Å². The van der Waals surface area contributed by atoms with Crippen LogP contribution in [0.4, 0.5) is 4.39 Å². The molecule has 1 N–H and O–H groups in total. The van der Waals surface area contributed by atoms with Crippen LogP contribution < -0.4 is 0 Å². The summed E-state index contributed by atoms with van der Waals surface area (Å²) in [6.45, 7) is 4.50. The molecule has 0 amide bonds. The molecule has 2 unspecified atom stereocenters. The van der Waals surface area contributed by atoms with Crippen LogP contribution in [-0.2, 0) is 4.74 Å². The standard InChI is InChI=1S/C13H17ClFNO2/c1-8(2)16-6-9(7-17)18-13(16)12-10(14)4-3-5-11(12)15/h3-5,8-9,13,17H,6-7H2,1-2H3. The van der Waals surface area contributed by atoms with Crippen LogP contribution >= 0.6 is 11.6 Å². The monoisotopic (exact) mass is 273 g/mol. The Morgan fingerprint density at radius 3 is 2.83 bits per heavy atom. The van der Waals surface area contributed by atoms with E-state index in [4.69, 9.17) is 16.3 Å². The van der Waals surface area contributed by atoms with Crippen molar-refractivity contribution < 1.29 is 14.2 Å². The summed E-state index contributed by atoms with van der Waals surface area (Å²) in [6, 6.07) is 4.77. The van der Waals surface area contributed by atoms with Crippen LogP contribution in [0.1, 0.15) is 25.6 Å². The van der Waals surface area contributed by atoms with Crippen LogP contribution in [-0.4, -0.2) is 35.3 Å². The first-order valence-corrected chi connectivity index (χ1v) is 6.38. The summed E-state index contributed by atoms with van der Waals surface area (Å²) in [6.07, 6.45) is -0.830. The Balaban J connectivity index is 2.36. The number of ether oxygens (including phenoxy) is 1. The zero-order valence-corrected chi connectivity index (χ0v) is 11.2. The Hall–Kier alpha value is -0.680. The van der Waals surface area contributed by atoms with E-state index in [9.17, 15) is 9.50 Å². The largest absolute Gasteiger partial charge is 0.394 e. The minimum absolute atomic E-state index is 0.0776. The van der Waals surface area contributed by atoms with Gasteiger partial charge in [0.1, 0.15) is 12.0 Å². The number of aliphatic hydroxyl groups is 1. The lowest BCUT2D eigenvalue weighted by atomic mass is 10.1. The van der Waals surface area contributed by atoms with Crippen molar-refractivity contribution in [3.05, 3.63) is 34.6 Å². The fourth-order valence-electron chi connectivity index (χ4n) is 2.20. The van der Waals surface area contributed by atoms with Gasteiger partial charge in [-0.1, -0.05) is 17.7 Å². The second-order valence-electron chi connectivity index (χ2n) is 4.72. The van der Waals surface area contributed by atoms with Gasteiger partial charge in [0.05, 0.1) is 17.7 Å². The number of rotatable bonds is 3. The Bertz CT molecular complexity index is 407. The van der Waals surface area contributed by atoms with E-state index in [1.54, 1.807) is 12.1 Å². The minimum Gasteiger partial charge on any atom is -0.394 e. The molecular weight excluding hydrogens is 257 g/mol. The van der Waals surface area contributed by atoms with Gasteiger partial charge in [-0.2, -0.15) is 0 Å². The van der Waals surface area contributed by atoms with Gasteiger partial charge in [0.2, 0.25) is 0 Å². The quantitative estimate of drug-likeness (QED) is 0.919. The van der Waals surface area contributed by atoms with Crippen molar-refractivity contribution in [3.63, 3.8) is 0 Å². The summed E-state index contributed by atoms with van der Waals surface area (Å²) < 4.78 is 19.6. The zero-order valence-electron chi connectivity index (χ0n) is 10.4. The molecule has 0 radical (unpaired) electrons. The van der Waals surface area contributed by atoms with Crippen LogP contribution in [0.15, 0.2) is 18.2 Å². The topological polar surface area (TPSA) is 32.7 Å². The molecule has 1 fully saturated rings. The molecule has 100 valence electrons. The van der Waals surface area contributed by atoms with Gasteiger partial charge in [-0.3, -0.25) is 4.90 Å². The van der Waals surface area contributed by atoms with E-state index in [2.05, 4.69) is 0 Å². The lowest BCUT2D eigenvalue weighted by molar-refractivity contribution is -0.0284. The molecule has 0 bridgehead atoms. The molecule has 18 heavy (non-hydrogen) atoms. The Kier molecular flexibility index (Phi) is 4.22. The molecule has 1 saturated heterocycles. The first kappa shape index (κ1) is 13.7. The Morgan fingerprint density at radius 1 is 1.56 bits per heavy atom. The lowest BCUT2D eigenvalue weighted by Gasteiger charge is -2.27. The number of benzene rings is 1. The first-order valence-electron chi connectivity index (χ1n) is 6.00. The lowest BCUT2D eigenvalue weighted by Crippen LogP contribution is -2.32. The van der Waals surface area contributed by atoms with Crippen molar-refractivity contribution in [3.8, 4) is 0 Å². The molecule has 1 aliphatic heterocycles. The summed E-state index contributed by atoms with van der Waals surface area (Å²) in [5.74, 6) is -0.378. The SMILES string of the molecule is CC(C)N1CC(CO)OC1c1c(F)cccc1Cl. The van der Waals surface area contributed by atoms with E-state index in [1.807, 2.05) is 18.7 Å². The van der Waals surface area contributed by atoms with Gasteiger partial charge in [-0.05, 0) is 26.0 Å². The zero-order chi connectivity index (χ0) is 13.3. The second-order valence-corrected chi connectivity index (χ2v) is 5.13. The van der Waals surface area contributed by atoms with Crippen LogP contribution in [0.3, 0.4) is 0 Å². The highest BCUT2D eigenvalue weighted by Crippen LogP contribution is 2.36. The first-order chi connectivity index (χ1) is 8.54. The van der Waals surface area contributed by atoms with Gasteiger partial charge in [0, 0.05) is 18.2 Å². The molecule has 1 aromatic rings. The molecule has 0 spiro atoms. The predicted octanol–water partition coefficient (Wildman–Crippen LogP) is 2.58. The smallest absolute Gasteiger partial charge is 0.141 e. The van der Waals surface area contributed by atoms with Crippen molar-refractivity contribution in [1.82, 2.24) is 4.90 Å².